The summed E-state index contributed by atoms with van der Waals surface area (Å²) in [5.74, 6) is 0.295. The van der Waals surface area contributed by atoms with Gasteiger partial charge >= 0.3 is 0 Å². The van der Waals surface area contributed by atoms with Crippen molar-refractivity contribution in [1.82, 2.24) is 0 Å². The van der Waals surface area contributed by atoms with E-state index in [0.717, 1.165) is 24.2 Å². The molecule has 1 aromatic rings. The molecule has 2 N–H and O–H groups in total. The van der Waals surface area contributed by atoms with Crippen LogP contribution in [-0.2, 0) is 0 Å². The van der Waals surface area contributed by atoms with Gasteiger partial charge in [-0.2, -0.15) is 0 Å². The first-order chi connectivity index (χ1) is 7.25. The molecular weight excluding hydrogens is 208 g/mol. The summed E-state index contributed by atoms with van der Waals surface area (Å²) in [6, 6.07) is 7.19. The van der Waals surface area contributed by atoms with Gasteiger partial charge in [-0.25, -0.2) is 0 Å². The Morgan fingerprint density at radius 3 is 2.40 bits per heavy atom. The summed E-state index contributed by atoms with van der Waals surface area (Å²) < 4.78 is 0. The maximum absolute atomic E-state index is 9.81. The Labute approximate surface area is 94.3 Å². The zero-order valence-corrected chi connectivity index (χ0v) is 9.41. The smallest absolute Gasteiger partial charge is 0.115 e. The molecule has 0 aliphatic heterocycles. The number of rotatable bonds is 2. The van der Waals surface area contributed by atoms with Gasteiger partial charge in [-0.15, -0.1) is 11.8 Å². The summed E-state index contributed by atoms with van der Waals surface area (Å²) in [6.07, 6.45) is 4.21. The second kappa shape index (κ2) is 4.90. The van der Waals surface area contributed by atoms with Gasteiger partial charge in [0.25, 0.3) is 0 Å². The van der Waals surface area contributed by atoms with Gasteiger partial charge in [0.2, 0.25) is 0 Å². The number of phenolic OH excluding ortho intramolecular Hbond substituents is 1. The van der Waals surface area contributed by atoms with Crippen LogP contribution < -0.4 is 0 Å². The highest BCUT2D eigenvalue weighted by Gasteiger charge is 2.23. The molecule has 2 atom stereocenters. The van der Waals surface area contributed by atoms with Gasteiger partial charge < -0.3 is 10.2 Å². The van der Waals surface area contributed by atoms with Gasteiger partial charge in [-0.1, -0.05) is 12.8 Å². The molecule has 1 aliphatic carbocycles. The molecule has 0 saturated heterocycles. The molecule has 15 heavy (non-hydrogen) atoms. The molecular formula is C12H16O2S. The van der Waals surface area contributed by atoms with Crippen molar-refractivity contribution >= 4 is 11.8 Å². The minimum absolute atomic E-state index is 0.169. The SMILES string of the molecule is Oc1ccc(S[C@H]2CCCC[C@@H]2O)cc1. The number of hydrogen-bond donors (Lipinski definition) is 2. The lowest BCUT2D eigenvalue weighted by atomic mass is 9.97. The molecule has 2 rings (SSSR count). The molecule has 1 saturated carbocycles. The van der Waals surface area contributed by atoms with E-state index < -0.39 is 0 Å². The zero-order valence-electron chi connectivity index (χ0n) is 8.60. The monoisotopic (exact) mass is 224 g/mol. The van der Waals surface area contributed by atoms with Crippen molar-refractivity contribution in [3.63, 3.8) is 0 Å². The van der Waals surface area contributed by atoms with Gasteiger partial charge in [0.05, 0.1) is 6.10 Å². The van der Waals surface area contributed by atoms with Crippen molar-refractivity contribution in [2.45, 2.75) is 41.9 Å². The molecule has 2 nitrogen and oxygen atoms in total. The van der Waals surface area contributed by atoms with Gasteiger partial charge in [0.1, 0.15) is 5.75 Å². The zero-order chi connectivity index (χ0) is 10.7. The minimum Gasteiger partial charge on any atom is -0.508 e. The quantitative estimate of drug-likeness (QED) is 0.811. The maximum atomic E-state index is 9.81. The van der Waals surface area contributed by atoms with Crippen molar-refractivity contribution in [3.8, 4) is 5.75 Å². The third kappa shape index (κ3) is 2.89. The van der Waals surface area contributed by atoms with Crippen LogP contribution in [0.5, 0.6) is 5.75 Å². The van der Waals surface area contributed by atoms with Crippen LogP contribution in [-0.4, -0.2) is 21.6 Å². The van der Waals surface area contributed by atoms with E-state index in [1.807, 2.05) is 12.1 Å². The number of phenols is 1. The largest absolute Gasteiger partial charge is 0.508 e. The molecule has 82 valence electrons. The van der Waals surface area contributed by atoms with Gasteiger partial charge in [0, 0.05) is 10.1 Å². The van der Waals surface area contributed by atoms with Crippen molar-refractivity contribution in [2.24, 2.45) is 0 Å². The fraction of sp³-hybridized carbons (Fsp3) is 0.500. The first-order valence-electron chi connectivity index (χ1n) is 5.39. The van der Waals surface area contributed by atoms with E-state index in [1.165, 1.54) is 6.42 Å². The summed E-state index contributed by atoms with van der Waals surface area (Å²) >= 11 is 1.72. The lowest BCUT2D eigenvalue weighted by Crippen LogP contribution is -2.26. The second-order valence-electron chi connectivity index (χ2n) is 4.00. The Morgan fingerprint density at radius 2 is 1.73 bits per heavy atom. The molecule has 0 heterocycles. The van der Waals surface area contributed by atoms with E-state index in [1.54, 1.807) is 23.9 Å². The van der Waals surface area contributed by atoms with Crippen LogP contribution in [0.2, 0.25) is 0 Å². The highest BCUT2D eigenvalue weighted by Crippen LogP contribution is 2.34. The summed E-state index contributed by atoms with van der Waals surface area (Å²) in [7, 11) is 0. The Kier molecular flexibility index (Phi) is 3.54. The van der Waals surface area contributed by atoms with Crippen LogP contribution in [0, 0.1) is 0 Å². The summed E-state index contributed by atoms with van der Waals surface area (Å²) in [6.45, 7) is 0. The average molecular weight is 224 g/mol. The molecule has 1 aromatic carbocycles. The van der Waals surface area contributed by atoms with Crippen LogP contribution >= 0.6 is 11.8 Å². The summed E-state index contributed by atoms with van der Waals surface area (Å²) in [4.78, 5) is 1.12. The van der Waals surface area contributed by atoms with E-state index in [9.17, 15) is 5.11 Å². The Bertz CT molecular complexity index is 310. The topological polar surface area (TPSA) is 40.5 Å². The van der Waals surface area contributed by atoms with Gasteiger partial charge in [-0.3, -0.25) is 0 Å². The molecule has 0 aromatic heterocycles. The van der Waals surface area contributed by atoms with E-state index in [0.29, 0.717) is 11.0 Å². The molecule has 0 spiro atoms. The number of hydrogen-bond acceptors (Lipinski definition) is 3. The summed E-state index contributed by atoms with van der Waals surface area (Å²) in [5.41, 5.74) is 0. The first-order valence-corrected chi connectivity index (χ1v) is 6.27. The van der Waals surface area contributed by atoms with Crippen molar-refractivity contribution in [3.05, 3.63) is 24.3 Å². The normalized spacial score (nSPS) is 26.5. The van der Waals surface area contributed by atoms with Crippen LogP contribution in [0.1, 0.15) is 25.7 Å². The fourth-order valence-corrected chi connectivity index (χ4v) is 3.13. The third-order valence-electron chi connectivity index (χ3n) is 2.79. The molecule has 1 aliphatic rings. The minimum atomic E-state index is -0.169. The Hall–Kier alpha value is -0.670. The molecule has 0 unspecified atom stereocenters. The third-order valence-corrected chi connectivity index (χ3v) is 4.19. The van der Waals surface area contributed by atoms with Gasteiger partial charge in [0.15, 0.2) is 0 Å². The standard InChI is InChI=1S/C12H16O2S/c13-9-5-7-10(8-6-9)15-12-4-2-1-3-11(12)14/h5-8,11-14H,1-4H2/t11-,12-/m0/s1. The lowest BCUT2D eigenvalue weighted by molar-refractivity contribution is 0.137. The van der Waals surface area contributed by atoms with Crippen LogP contribution in [0.4, 0.5) is 0 Å². The van der Waals surface area contributed by atoms with Crippen LogP contribution in [0.25, 0.3) is 0 Å². The van der Waals surface area contributed by atoms with Crippen molar-refractivity contribution < 1.29 is 10.2 Å². The Balaban J connectivity index is 1.98. The predicted molar refractivity (Wildman–Crippen MR) is 62.2 cm³/mol. The van der Waals surface area contributed by atoms with Gasteiger partial charge in [-0.05, 0) is 37.1 Å². The first kappa shape index (κ1) is 10.8. The van der Waals surface area contributed by atoms with E-state index >= 15 is 0 Å². The average Bonchev–Trinajstić information content (AvgIpc) is 2.25. The fourth-order valence-electron chi connectivity index (χ4n) is 1.91. The summed E-state index contributed by atoms with van der Waals surface area (Å²) in [5, 5.41) is 19.3. The van der Waals surface area contributed by atoms with E-state index in [-0.39, 0.29) is 6.10 Å². The number of aliphatic hydroxyl groups excluding tert-OH is 1. The molecule has 1 fully saturated rings. The van der Waals surface area contributed by atoms with Crippen LogP contribution in [0.15, 0.2) is 29.2 Å². The van der Waals surface area contributed by atoms with Crippen molar-refractivity contribution in [2.75, 3.05) is 0 Å². The number of benzene rings is 1. The number of thioether (sulfide) groups is 1. The second-order valence-corrected chi connectivity index (χ2v) is 5.31. The number of aliphatic hydroxyl groups is 1. The molecule has 3 heteroatoms. The highest BCUT2D eigenvalue weighted by atomic mass is 32.2. The number of aromatic hydroxyl groups is 1. The molecule has 0 bridgehead atoms. The highest BCUT2D eigenvalue weighted by molar-refractivity contribution is 8.00. The van der Waals surface area contributed by atoms with Crippen LogP contribution in [0.3, 0.4) is 0 Å². The molecule has 0 radical (unpaired) electrons. The van der Waals surface area contributed by atoms with Crippen molar-refractivity contribution in [1.29, 1.82) is 0 Å². The molecule has 0 amide bonds. The predicted octanol–water partition coefficient (Wildman–Crippen LogP) is 2.79. The van der Waals surface area contributed by atoms with E-state index in [4.69, 9.17) is 5.11 Å². The Morgan fingerprint density at radius 1 is 1.07 bits per heavy atom. The van der Waals surface area contributed by atoms with E-state index in [2.05, 4.69) is 0 Å². The maximum Gasteiger partial charge on any atom is 0.115 e. The lowest BCUT2D eigenvalue weighted by Gasteiger charge is -2.26.